The summed E-state index contributed by atoms with van der Waals surface area (Å²) < 4.78 is 38.2. The molecule has 0 aliphatic carbocycles. The third-order valence-electron chi connectivity index (χ3n) is 6.25. The van der Waals surface area contributed by atoms with Gasteiger partial charge in [-0.05, 0) is 66.1 Å². The number of fused-ring (bicyclic) bond motifs is 1. The normalized spacial score (nSPS) is 15.0. The molecule has 1 aliphatic heterocycles. The Kier molecular flexibility index (Phi) is 10.3. The molecular formula is C28H34N4O4S2. The molecule has 2 aromatic carbocycles. The monoisotopic (exact) mass is 554 g/mol. The molecule has 4 rings (SSSR count). The molecule has 8 nitrogen and oxygen atoms in total. The van der Waals surface area contributed by atoms with Gasteiger partial charge in [0, 0.05) is 61.4 Å². The number of ether oxygens (including phenoxy) is 2. The van der Waals surface area contributed by atoms with Crippen LogP contribution in [-0.4, -0.2) is 72.5 Å². The van der Waals surface area contributed by atoms with Gasteiger partial charge in [-0.2, -0.15) is 5.26 Å². The number of allylic oxidation sites excluding steroid dienone is 1. The highest BCUT2D eigenvalue weighted by Crippen LogP contribution is 2.32. The third-order valence-corrected chi connectivity index (χ3v) is 8.70. The van der Waals surface area contributed by atoms with E-state index >= 15 is 0 Å². The van der Waals surface area contributed by atoms with Crippen LogP contribution in [0, 0.1) is 11.3 Å². The molecule has 0 bridgehead atoms. The van der Waals surface area contributed by atoms with Crippen molar-refractivity contribution in [3.63, 3.8) is 0 Å². The summed E-state index contributed by atoms with van der Waals surface area (Å²) in [6, 6.07) is 18.3. The number of hydrogen-bond donors (Lipinski definition) is 2. The number of nitrogens with zero attached hydrogens (tertiary/aromatic N) is 2. The van der Waals surface area contributed by atoms with E-state index in [1.165, 1.54) is 17.4 Å². The maximum absolute atomic E-state index is 12.5. The summed E-state index contributed by atoms with van der Waals surface area (Å²) >= 11 is 1.45. The average molecular weight is 555 g/mol. The summed E-state index contributed by atoms with van der Waals surface area (Å²) in [4.78, 5) is 3.82. The lowest BCUT2D eigenvalue weighted by molar-refractivity contribution is 0.0398. The van der Waals surface area contributed by atoms with Gasteiger partial charge < -0.3 is 14.8 Å². The van der Waals surface area contributed by atoms with Crippen molar-refractivity contribution in [3.05, 3.63) is 58.3 Å². The molecule has 1 saturated heterocycles. The van der Waals surface area contributed by atoms with Crippen molar-refractivity contribution in [1.29, 1.82) is 5.26 Å². The summed E-state index contributed by atoms with van der Waals surface area (Å²) in [5.41, 5.74) is 2.14. The van der Waals surface area contributed by atoms with Crippen molar-refractivity contribution in [1.82, 2.24) is 9.62 Å². The SMILES string of the molecule is CCOCCCNS(=O)(=O)/C(C#N)=C/c1ccc(-c2ccc3cc(NCCN4CCOCC4)ccc3c2)s1. The van der Waals surface area contributed by atoms with E-state index in [0.29, 0.717) is 24.5 Å². The van der Waals surface area contributed by atoms with Crippen molar-refractivity contribution in [2.75, 3.05) is 64.5 Å². The molecule has 38 heavy (non-hydrogen) atoms. The third kappa shape index (κ3) is 7.86. The Morgan fingerprint density at radius 3 is 2.71 bits per heavy atom. The van der Waals surface area contributed by atoms with Crippen molar-refractivity contribution in [3.8, 4) is 16.5 Å². The molecular weight excluding hydrogens is 520 g/mol. The minimum atomic E-state index is -3.87. The number of sulfonamides is 1. The van der Waals surface area contributed by atoms with Gasteiger partial charge in [0.1, 0.15) is 6.07 Å². The highest BCUT2D eigenvalue weighted by molar-refractivity contribution is 7.93. The predicted octanol–water partition coefficient (Wildman–Crippen LogP) is 4.52. The highest BCUT2D eigenvalue weighted by Gasteiger charge is 2.17. The second kappa shape index (κ2) is 13.8. The van der Waals surface area contributed by atoms with E-state index in [9.17, 15) is 13.7 Å². The van der Waals surface area contributed by atoms with Crippen LogP contribution in [0.3, 0.4) is 0 Å². The van der Waals surface area contributed by atoms with Crippen molar-refractivity contribution >= 4 is 43.9 Å². The molecule has 0 saturated carbocycles. The average Bonchev–Trinajstić information content (AvgIpc) is 3.40. The lowest BCUT2D eigenvalue weighted by Gasteiger charge is -2.26. The zero-order valence-corrected chi connectivity index (χ0v) is 23.2. The molecule has 2 N–H and O–H groups in total. The fourth-order valence-corrected chi connectivity index (χ4v) is 6.17. The minimum absolute atomic E-state index is 0.221. The van der Waals surface area contributed by atoms with Gasteiger partial charge in [-0.1, -0.05) is 18.2 Å². The van der Waals surface area contributed by atoms with Crippen molar-refractivity contribution in [2.24, 2.45) is 0 Å². The van der Waals surface area contributed by atoms with E-state index in [4.69, 9.17) is 9.47 Å². The number of rotatable bonds is 13. The molecule has 2 heterocycles. The Labute approximate surface area is 228 Å². The summed E-state index contributed by atoms with van der Waals surface area (Å²) in [5, 5.41) is 15.3. The molecule has 1 fully saturated rings. The van der Waals surface area contributed by atoms with Crippen LogP contribution in [0.2, 0.25) is 0 Å². The number of hydrogen-bond acceptors (Lipinski definition) is 8. The molecule has 3 aromatic rings. The zero-order chi connectivity index (χ0) is 26.8. The number of anilines is 1. The number of nitriles is 1. The molecule has 202 valence electrons. The molecule has 1 aromatic heterocycles. The largest absolute Gasteiger partial charge is 0.384 e. The van der Waals surface area contributed by atoms with Gasteiger partial charge in [0.2, 0.25) is 0 Å². The Balaban J connectivity index is 1.39. The fraction of sp³-hybridized carbons (Fsp3) is 0.393. The highest BCUT2D eigenvalue weighted by atomic mass is 32.2. The van der Waals surface area contributed by atoms with Crippen LogP contribution in [0.1, 0.15) is 18.2 Å². The van der Waals surface area contributed by atoms with E-state index in [-0.39, 0.29) is 11.4 Å². The summed E-state index contributed by atoms with van der Waals surface area (Å²) in [6.07, 6.45) is 1.97. The van der Waals surface area contributed by atoms with E-state index in [1.54, 1.807) is 0 Å². The smallest absolute Gasteiger partial charge is 0.250 e. The molecule has 0 spiro atoms. The Morgan fingerprint density at radius 1 is 1.13 bits per heavy atom. The van der Waals surface area contributed by atoms with E-state index < -0.39 is 10.0 Å². The van der Waals surface area contributed by atoms with Gasteiger partial charge in [-0.3, -0.25) is 4.90 Å². The van der Waals surface area contributed by atoms with Crippen molar-refractivity contribution < 1.29 is 17.9 Å². The molecule has 0 unspecified atom stereocenters. The zero-order valence-electron chi connectivity index (χ0n) is 21.6. The van der Waals surface area contributed by atoms with E-state index in [0.717, 1.165) is 66.3 Å². The minimum Gasteiger partial charge on any atom is -0.384 e. The lowest BCUT2D eigenvalue weighted by Crippen LogP contribution is -2.38. The fourth-order valence-electron chi connectivity index (χ4n) is 4.18. The van der Waals surface area contributed by atoms with Crippen LogP contribution >= 0.6 is 11.3 Å². The van der Waals surface area contributed by atoms with Crippen LogP contribution in [0.5, 0.6) is 0 Å². The maximum Gasteiger partial charge on any atom is 0.250 e. The summed E-state index contributed by atoms with van der Waals surface area (Å²) in [6.45, 7) is 8.64. The lowest BCUT2D eigenvalue weighted by atomic mass is 10.1. The first-order valence-electron chi connectivity index (χ1n) is 12.9. The topological polar surface area (TPSA) is 104 Å². The van der Waals surface area contributed by atoms with Crippen LogP contribution in [0.15, 0.2) is 53.4 Å². The van der Waals surface area contributed by atoms with Crippen LogP contribution in [0.4, 0.5) is 5.69 Å². The van der Waals surface area contributed by atoms with E-state index in [2.05, 4.69) is 51.3 Å². The molecule has 0 atom stereocenters. The Bertz CT molecular complexity index is 1390. The van der Waals surface area contributed by atoms with Gasteiger partial charge >= 0.3 is 0 Å². The van der Waals surface area contributed by atoms with Crippen LogP contribution in [0.25, 0.3) is 27.3 Å². The number of benzene rings is 2. The second-order valence-electron chi connectivity index (χ2n) is 8.93. The molecule has 1 aliphatic rings. The first-order chi connectivity index (χ1) is 18.5. The second-order valence-corrected chi connectivity index (χ2v) is 11.8. The Morgan fingerprint density at radius 2 is 1.92 bits per heavy atom. The van der Waals surface area contributed by atoms with Gasteiger partial charge in [-0.25, -0.2) is 13.1 Å². The molecule has 0 amide bonds. The first kappa shape index (κ1) is 28.2. The number of thiophene rings is 1. The predicted molar refractivity (Wildman–Crippen MR) is 155 cm³/mol. The number of morpholine rings is 1. The maximum atomic E-state index is 12.5. The van der Waals surface area contributed by atoms with Gasteiger partial charge in [0.25, 0.3) is 10.0 Å². The van der Waals surface area contributed by atoms with E-state index in [1.807, 2.05) is 25.1 Å². The molecule has 10 heteroatoms. The molecule has 0 radical (unpaired) electrons. The summed E-state index contributed by atoms with van der Waals surface area (Å²) in [5.74, 6) is 0. The van der Waals surface area contributed by atoms with Crippen LogP contribution in [-0.2, 0) is 19.5 Å². The standard InChI is InChI=1S/C28H34N4O4S2/c1-2-35-15-3-10-31-38(33,34)27(21-29)20-26-8-9-28(37-26)24-5-4-23-19-25(7-6-22(23)18-24)30-11-12-32-13-16-36-17-14-32/h4-9,18-20,30-31H,2-3,10-17H2,1H3/b27-20+. The van der Waals surface area contributed by atoms with Gasteiger partial charge in [0.05, 0.1) is 13.2 Å². The van der Waals surface area contributed by atoms with Crippen LogP contribution < -0.4 is 10.0 Å². The van der Waals surface area contributed by atoms with Gasteiger partial charge in [-0.15, -0.1) is 11.3 Å². The van der Waals surface area contributed by atoms with Crippen molar-refractivity contribution in [2.45, 2.75) is 13.3 Å². The first-order valence-corrected chi connectivity index (χ1v) is 15.2. The quantitative estimate of drug-likeness (QED) is 0.236. The van der Waals surface area contributed by atoms with Gasteiger partial charge in [0.15, 0.2) is 4.91 Å². The summed E-state index contributed by atoms with van der Waals surface area (Å²) in [7, 11) is -3.87. The number of nitrogens with one attached hydrogen (secondary N) is 2. The Hall–Kier alpha value is -2.78.